The summed E-state index contributed by atoms with van der Waals surface area (Å²) in [6.07, 6.45) is 2.75. The van der Waals surface area contributed by atoms with Gasteiger partial charge in [0.05, 0.1) is 33.9 Å². The van der Waals surface area contributed by atoms with Gasteiger partial charge >= 0.3 is 0 Å². The fourth-order valence-corrected chi connectivity index (χ4v) is 5.75. The van der Waals surface area contributed by atoms with E-state index in [2.05, 4.69) is 0 Å². The number of carbonyl (C=O) groups excluding carboxylic acids is 3. The first-order valence-corrected chi connectivity index (χ1v) is 10.9. The number of nitro groups is 1. The van der Waals surface area contributed by atoms with E-state index < -0.39 is 10.8 Å². The SMILES string of the molecule is O=C(c1ccccc1Cl)N(Cc1ccc([N+](=O)[O-])cc1)N1C(=O)[C@H]2[C@@H]3CC[C@@H](C3)[C@@H]2C1=O. The van der Waals surface area contributed by atoms with Crippen molar-refractivity contribution in [2.75, 3.05) is 0 Å². The molecule has 2 aromatic rings. The van der Waals surface area contributed by atoms with Gasteiger partial charge < -0.3 is 0 Å². The Bertz CT molecular complexity index is 1110. The van der Waals surface area contributed by atoms with E-state index in [1.165, 1.54) is 24.3 Å². The molecule has 1 saturated heterocycles. The van der Waals surface area contributed by atoms with Crippen LogP contribution in [0, 0.1) is 33.8 Å². The highest BCUT2D eigenvalue weighted by Gasteiger charge is 2.62. The lowest BCUT2D eigenvalue weighted by Crippen LogP contribution is -2.50. The Balaban J connectivity index is 1.52. The average molecular weight is 454 g/mol. The zero-order valence-corrected chi connectivity index (χ0v) is 17.8. The molecule has 164 valence electrons. The third kappa shape index (κ3) is 3.17. The van der Waals surface area contributed by atoms with Gasteiger partial charge in [-0.3, -0.25) is 24.5 Å². The Morgan fingerprint density at radius 3 is 2.19 bits per heavy atom. The molecule has 3 fully saturated rings. The molecule has 2 aromatic carbocycles. The molecule has 1 heterocycles. The largest absolute Gasteiger partial charge is 0.274 e. The number of halogens is 1. The molecule has 0 radical (unpaired) electrons. The number of rotatable bonds is 5. The van der Waals surface area contributed by atoms with E-state index >= 15 is 0 Å². The second-order valence-electron chi connectivity index (χ2n) is 8.64. The van der Waals surface area contributed by atoms with Crippen molar-refractivity contribution in [3.63, 3.8) is 0 Å². The van der Waals surface area contributed by atoms with Crippen LogP contribution in [0.15, 0.2) is 48.5 Å². The van der Waals surface area contributed by atoms with Crippen LogP contribution >= 0.6 is 11.6 Å². The monoisotopic (exact) mass is 453 g/mol. The maximum Gasteiger partial charge on any atom is 0.274 e. The van der Waals surface area contributed by atoms with Crippen LogP contribution in [0.5, 0.6) is 0 Å². The number of benzene rings is 2. The van der Waals surface area contributed by atoms with Gasteiger partial charge in [-0.15, -0.1) is 0 Å². The van der Waals surface area contributed by atoms with Crippen LogP contribution in [0.4, 0.5) is 5.69 Å². The summed E-state index contributed by atoms with van der Waals surface area (Å²) in [5.74, 6) is -1.63. The first-order valence-electron chi connectivity index (χ1n) is 10.5. The minimum absolute atomic E-state index is 0.0860. The molecule has 5 rings (SSSR count). The van der Waals surface area contributed by atoms with Crippen molar-refractivity contribution in [3.8, 4) is 0 Å². The molecule has 0 spiro atoms. The van der Waals surface area contributed by atoms with Gasteiger partial charge in [-0.1, -0.05) is 35.9 Å². The predicted molar refractivity (Wildman–Crippen MR) is 114 cm³/mol. The van der Waals surface area contributed by atoms with Gasteiger partial charge in [0, 0.05) is 12.1 Å². The van der Waals surface area contributed by atoms with Gasteiger partial charge in [-0.2, -0.15) is 5.01 Å². The van der Waals surface area contributed by atoms with Crippen LogP contribution < -0.4 is 0 Å². The molecule has 2 aliphatic carbocycles. The molecule has 8 nitrogen and oxygen atoms in total. The Labute approximate surface area is 188 Å². The zero-order valence-electron chi connectivity index (χ0n) is 17.0. The highest BCUT2D eigenvalue weighted by molar-refractivity contribution is 6.33. The van der Waals surface area contributed by atoms with Crippen molar-refractivity contribution in [1.29, 1.82) is 0 Å². The van der Waals surface area contributed by atoms with Gasteiger partial charge in [0.1, 0.15) is 0 Å². The second kappa shape index (κ2) is 7.70. The Kier molecular flexibility index (Phi) is 4.97. The highest BCUT2D eigenvalue weighted by Crippen LogP contribution is 2.56. The lowest BCUT2D eigenvalue weighted by atomic mass is 9.81. The number of carbonyl (C=O) groups is 3. The molecule has 1 aliphatic heterocycles. The summed E-state index contributed by atoms with van der Waals surface area (Å²) >= 11 is 6.24. The summed E-state index contributed by atoms with van der Waals surface area (Å²) in [6, 6.07) is 12.2. The first-order chi connectivity index (χ1) is 15.4. The molecule has 0 N–H and O–H groups in total. The summed E-state index contributed by atoms with van der Waals surface area (Å²) in [5.41, 5.74) is 0.644. The van der Waals surface area contributed by atoms with E-state index in [0.717, 1.165) is 29.3 Å². The Morgan fingerprint density at radius 1 is 1.03 bits per heavy atom. The van der Waals surface area contributed by atoms with Crippen LogP contribution in [0.1, 0.15) is 35.2 Å². The van der Waals surface area contributed by atoms with Crippen molar-refractivity contribution in [1.82, 2.24) is 10.0 Å². The van der Waals surface area contributed by atoms with Crippen molar-refractivity contribution < 1.29 is 19.3 Å². The Hall–Kier alpha value is -3.26. The highest BCUT2D eigenvalue weighted by atomic mass is 35.5. The quantitative estimate of drug-likeness (QED) is 0.389. The molecule has 3 amide bonds. The third-order valence-corrected chi connectivity index (χ3v) is 7.29. The van der Waals surface area contributed by atoms with Crippen LogP contribution in [-0.4, -0.2) is 32.7 Å². The van der Waals surface area contributed by atoms with Crippen molar-refractivity contribution in [2.24, 2.45) is 23.7 Å². The minimum atomic E-state index is -0.567. The fraction of sp³-hybridized carbons (Fsp3) is 0.348. The van der Waals surface area contributed by atoms with Gasteiger partial charge in [0.2, 0.25) is 0 Å². The maximum atomic E-state index is 13.5. The zero-order chi connectivity index (χ0) is 22.6. The number of imide groups is 1. The predicted octanol–water partition coefficient (Wildman–Crippen LogP) is 3.84. The summed E-state index contributed by atoms with van der Waals surface area (Å²) in [4.78, 5) is 50.7. The Morgan fingerprint density at radius 2 is 1.62 bits per heavy atom. The molecule has 2 saturated carbocycles. The van der Waals surface area contributed by atoms with Gasteiger partial charge in [-0.25, -0.2) is 5.01 Å². The standard InChI is InChI=1S/C23H20ClN3O5/c24-18-4-2-1-3-17(18)21(28)25(12-13-5-9-16(10-6-13)27(31)32)26-22(29)19-14-7-8-15(11-14)20(19)23(26)30/h1-6,9-10,14-15,19-20H,7-8,11-12H2/t14-,15+,19-,20-/m0/s1. The number of amides is 3. The fourth-order valence-electron chi connectivity index (χ4n) is 5.53. The number of hydrogen-bond acceptors (Lipinski definition) is 5. The van der Waals surface area contributed by atoms with Crippen molar-refractivity contribution in [3.05, 3.63) is 74.8 Å². The number of hydrazine groups is 1. The molecule has 0 aromatic heterocycles. The summed E-state index contributed by atoms with van der Waals surface area (Å²) in [5, 5.41) is 13.3. The number of fused-ring (bicyclic) bond motifs is 5. The number of nitrogens with zero attached hydrogens (tertiary/aromatic N) is 3. The minimum Gasteiger partial charge on any atom is -0.272 e. The van der Waals surface area contributed by atoms with Crippen molar-refractivity contribution >= 4 is 35.0 Å². The number of non-ortho nitro benzene ring substituents is 1. The number of nitro benzene ring substituents is 1. The van der Waals surface area contributed by atoms with Crippen LogP contribution in [-0.2, 0) is 16.1 Å². The van der Waals surface area contributed by atoms with E-state index in [0.29, 0.717) is 5.56 Å². The van der Waals surface area contributed by atoms with Gasteiger partial charge in [0.25, 0.3) is 23.4 Å². The number of hydrogen-bond donors (Lipinski definition) is 0. The summed E-state index contributed by atoms with van der Waals surface area (Å²) in [6.45, 7) is -0.0890. The van der Waals surface area contributed by atoms with Gasteiger partial charge in [-0.05, 0) is 48.8 Å². The summed E-state index contributed by atoms with van der Waals surface area (Å²) in [7, 11) is 0. The molecular weight excluding hydrogens is 434 g/mol. The first kappa shape index (κ1) is 20.6. The molecular formula is C23H20ClN3O5. The molecule has 3 aliphatic rings. The normalized spacial score (nSPS) is 25.8. The molecule has 32 heavy (non-hydrogen) atoms. The topological polar surface area (TPSA) is 101 Å². The maximum absolute atomic E-state index is 13.5. The van der Waals surface area contributed by atoms with Gasteiger partial charge in [0.15, 0.2) is 0 Å². The second-order valence-corrected chi connectivity index (χ2v) is 9.05. The van der Waals surface area contributed by atoms with Crippen LogP contribution in [0.2, 0.25) is 5.02 Å². The van der Waals surface area contributed by atoms with E-state index in [9.17, 15) is 24.5 Å². The van der Waals surface area contributed by atoms with E-state index in [-0.39, 0.29) is 58.3 Å². The van der Waals surface area contributed by atoms with Crippen molar-refractivity contribution in [2.45, 2.75) is 25.8 Å². The molecule has 2 bridgehead atoms. The molecule has 0 unspecified atom stereocenters. The molecule has 9 heteroatoms. The van der Waals surface area contributed by atoms with Crippen LogP contribution in [0.3, 0.4) is 0 Å². The summed E-state index contributed by atoms with van der Waals surface area (Å²) < 4.78 is 0. The average Bonchev–Trinajstić information content (AvgIpc) is 3.46. The smallest absolute Gasteiger partial charge is 0.272 e. The lowest BCUT2D eigenvalue weighted by Gasteiger charge is -2.31. The van der Waals surface area contributed by atoms with Crippen LogP contribution in [0.25, 0.3) is 0 Å². The lowest BCUT2D eigenvalue weighted by molar-refractivity contribution is -0.384. The van der Waals surface area contributed by atoms with E-state index in [1.54, 1.807) is 24.3 Å². The third-order valence-electron chi connectivity index (χ3n) is 6.96. The van der Waals surface area contributed by atoms with E-state index in [1.807, 2.05) is 0 Å². The van der Waals surface area contributed by atoms with E-state index in [4.69, 9.17) is 11.6 Å². The molecule has 4 atom stereocenters.